The molecule has 1 aromatic carbocycles. The van der Waals surface area contributed by atoms with Crippen molar-refractivity contribution in [2.75, 3.05) is 26.1 Å². The molecule has 0 aliphatic carbocycles. The molecule has 0 radical (unpaired) electrons. The smallest absolute Gasteiger partial charge is 0.182 e. The molecular formula is C14H21N5O2. The molecule has 2 rings (SSSR count). The van der Waals surface area contributed by atoms with Gasteiger partial charge in [-0.2, -0.15) is 0 Å². The third-order valence-electron chi connectivity index (χ3n) is 3.15. The van der Waals surface area contributed by atoms with E-state index in [1.54, 1.807) is 17.9 Å². The first-order chi connectivity index (χ1) is 10.2. The lowest BCUT2D eigenvalue weighted by molar-refractivity contribution is 0.178. The number of aromatic nitrogens is 4. The number of ether oxygens (including phenoxy) is 2. The first-order valence-electron chi connectivity index (χ1n) is 6.96. The number of anilines is 1. The normalized spacial score (nSPS) is 12.3. The van der Waals surface area contributed by atoms with Crippen molar-refractivity contribution in [3.8, 4) is 17.1 Å². The van der Waals surface area contributed by atoms with Crippen LogP contribution in [0.1, 0.15) is 26.3 Å². The Bertz CT molecular complexity index is 584. The van der Waals surface area contributed by atoms with Crippen molar-refractivity contribution < 1.29 is 9.47 Å². The first-order valence-corrected chi connectivity index (χ1v) is 6.96. The van der Waals surface area contributed by atoms with Gasteiger partial charge in [0.25, 0.3) is 0 Å². The Morgan fingerprint density at radius 2 is 2.14 bits per heavy atom. The Morgan fingerprint density at radius 1 is 1.33 bits per heavy atom. The number of nitrogens with zero attached hydrogens (tertiary/aromatic N) is 4. The molecule has 1 unspecified atom stereocenters. The summed E-state index contributed by atoms with van der Waals surface area (Å²) in [5, 5.41) is 12.0. The lowest BCUT2D eigenvalue weighted by atomic mass is 10.1. The number of rotatable bonds is 7. The van der Waals surface area contributed by atoms with Gasteiger partial charge in [-0.05, 0) is 42.8 Å². The predicted octanol–water partition coefficient (Wildman–Crippen LogP) is 1.92. The van der Waals surface area contributed by atoms with Gasteiger partial charge >= 0.3 is 0 Å². The number of hydrogen-bond donors (Lipinski definition) is 1. The predicted molar refractivity (Wildman–Crippen MR) is 80.0 cm³/mol. The highest BCUT2D eigenvalue weighted by molar-refractivity contribution is 5.64. The summed E-state index contributed by atoms with van der Waals surface area (Å²) in [5.41, 5.74) is 7.39. The summed E-state index contributed by atoms with van der Waals surface area (Å²) in [5.74, 6) is 1.39. The van der Waals surface area contributed by atoms with E-state index in [1.165, 1.54) is 0 Å². The van der Waals surface area contributed by atoms with E-state index in [0.29, 0.717) is 30.5 Å². The van der Waals surface area contributed by atoms with Crippen LogP contribution in [0.15, 0.2) is 18.2 Å². The van der Waals surface area contributed by atoms with E-state index in [4.69, 9.17) is 15.2 Å². The lowest BCUT2D eigenvalue weighted by Crippen LogP contribution is -2.11. The zero-order valence-electron chi connectivity index (χ0n) is 12.6. The summed E-state index contributed by atoms with van der Waals surface area (Å²) < 4.78 is 12.4. The minimum atomic E-state index is 0.131. The number of nitrogens with two attached hydrogens (primary N) is 1. The maximum absolute atomic E-state index is 5.92. The second-order valence-electron chi connectivity index (χ2n) is 4.80. The number of benzene rings is 1. The quantitative estimate of drug-likeness (QED) is 0.784. The fourth-order valence-corrected chi connectivity index (χ4v) is 2.09. The maximum atomic E-state index is 5.92. The molecule has 7 heteroatoms. The van der Waals surface area contributed by atoms with Crippen molar-refractivity contribution in [1.29, 1.82) is 0 Å². The van der Waals surface area contributed by atoms with Gasteiger partial charge < -0.3 is 15.2 Å². The average molecular weight is 291 g/mol. The summed E-state index contributed by atoms with van der Waals surface area (Å²) in [4.78, 5) is 0. The fraction of sp³-hybridized carbons (Fsp3) is 0.500. The van der Waals surface area contributed by atoms with Crippen LogP contribution in [-0.4, -0.2) is 40.5 Å². The molecule has 0 fully saturated rings. The standard InChI is InChI=1S/C14H21N5O2/c1-4-21-13-8-11(7-12(15)9-13)14-16-17-18-19(14)10(2)5-6-20-3/h7-10H,4-6,15H2,1-3H3. The molecule has 0 saturated heterocycles. The molecule has 2 N–H and O–H groups in total. The molecule has 114 valence electrons. The second kappa shape index (κ2) is 7.03. The molecule has 1 atom stereocenters. The Labute approximate surface area is 124 Å². The zero-order valence-corrected chi connectivity index (χ0v) is 12.6. The largest absolute Gasteiger partial charge is 0.494 e. The molecule has 0 aliphatic heterocycles. The molecule has 0 spiro atoms. The van der Waals surface area contributed by atoms with Crippen LogP contribution < -0.4 is 10.5 Å². The van der Waals surface area contributed by atoms with E-state index in [1.807, 2.05) is 19.1 Å². The highest BCUT2D eigenvalue weighted by Crippen LogP contribution is 2.27. The van der Waals surface area contributed by atoms with Crippen LogP contribution in [0.25, 0.3) is 11.4 Å². The van der Waals surface area contributed by atoms with Crippen molar-refractivity contribution >= 4 is 5.69 Å². The first kappa shape index (κ1) is 15.2. The van der Waals surface area contributed by atoms with Crippen LogP contribution >= 0.6 is 0 Å². The highest BCUT2D eigenvalue weighted by atomic mass is 16.5. The molecule has 0 aliphatic rings. The van der Waals surface area contributed by atoms with E-state index >= 15 is 0 Å². The summed E-state index contributed by atoms with van der Waals surface area (Å²) in [7, 11) is 1.68. The third-order valence-corrected chi connectivity index (χ3v) is 3.15. The summed E-state index contributed by atoms with van der Waals surface area (Å²) in [6, 6.07) is 5.65. The average Bonchev–Trinajstić information content (AvgIpc) is 2.94. The van der Waals surface area contributed by atoms with Crippen LogP contribution in [0.2, 0.25) is 0 Å². The van der Waals surface area contributed by atoms with Gasteiger partial charge in [-0.3, -0.25) is 0 Å². The zero-order chi connectivity index (χ0) is 15.2. The molecular weight excluding hydrogens is 270 g/mol. The van der Waals surface area contributed by atoms with Crippen molar-refractivity contribution in [2.45, 2.75) is 26.3 Å². The van der Waals surface area contributed by atoms with E-state index in [9.17, 15) is 0 Å². The van der Waals surface area contributed by atoms with Crippen LogP contribution in [0.5, 0.6) is 5.75 Å². The van der Waals surface area contributed by atoms with E-state index in [-0.39, 0.29) is 6.04 Å². The van der Waals surface area contributed by atoms with Gasteiger partial charge in [0.05, 0.1) is 12.6 Å². The van der Waals surface area contributed by atoms with Crippen molar-refractivity contribution in [3.63, 3.8) is 0 Å². The summed E-state index contributed by atoms with van der Waals surface area (Å²) in [6.07, 6.45) is 0.829. The van der Waals surface area contributed by atoms with Crippen LogP contribution in [0.3, 0.4) is 0 Å². The van der Waals surface area contributed by atoms with Crippen LogP contribution in [-0.2, 0) is 4.74 Å². The van der Waals surface area contributed by atoms with Crippen LogP contribution in [0.4, 0.5) is 5.69 Å². The monoisotopic (exact) mass is 291 g/mol. The summed E-state index contributed by atoms with van der Waals surface area (Å²) in [6.45, 7) is 5.22. The Hall–Kier alpha value is -2.15. The van der Waals surface area contributed by atoms with Gasteiger partial charge in [0, 0.05) is 31.0 Å². The van der Waals surface area contributed by atoms with E-state index < -0.39 is 0 Å². The molecule has 0 saturated carbocycles. The molecule has 0 amide bonds. The topological polar surface area (TPSA) is 88.1 Å². The van der Waals surface area contributed by atoms with Crippen molar-refractivity contribution in [3.05, 3.63) is 18.2 Å². The minimum absolute atomic E-state index is 0.131. The van der Waals surface area contributed by atoms with Gasteiger partial charge in [0.1, 0.15) is 5.75 Å². The second-order valence-corrected chi connectivity index (χ2v) is 4.80. The van der Waals surface area contributed by atoms with Gasteiger partial charge in [-0.1, -0.05) is 0 Å². The highest BCUT2D eigenvalue weighted by Gasteiger charge is 2.15. The van der Waals surface area contributed by atoms with Crippen molar-refractivity contribution in [2.24, 2.45) is 0 Å². The van der Waals surface area contributed by atoms with Gasteiger partial charge in [0.2, 0.25) is 0 Å². The molecule has 1 heterocycles. The number of hydrogen-bond acceptors (Lipinski definition) is 6. The summed E-state index contributed by atoms with van der Waals surface area (Å²) >= 11 is 0. The molecule has 2 aromatic rings. The van der Waals surface area contributed by atoms with Crippen molar-refractivity contribution in [1.82, 2.24) is 20.2 Å². The number of tetrazole rings is 1. The van der Waals surface area contributed by atoms with E-state index in [0.717, 1.165) is 12.0 Å². The molecule has 1 aromatic heterocycles. The molecule has 7 nitrogen and oxygen atoms in total. The lowest BCUT2D eigenvalue weighted by Gasteiger charge is -2.13. The SMILES string of the molecule is CCOc1cc(N)cc(-c2nnnn2C(C)CCOC)c1. The number of nitrogen functional groups attached to an aromatic ring is 1. The third kappa shape index (κ3) is 3.69. The van der Waals surface area contributed by atoms with E-state index in [2.05, 4.69) is 22.4 Å². The number of methoxy groups -OCH3 is 1. The van der Waals surface area contributed by atoms with Gasteiger partial charge in [-0.25, -0.2) is 4.68 Å². The Balaban J connectivity index is 2.32. The molecule has 21 heavy (non-hydrogen) atoms. The fourth-order valence-electron chi connectivity index (χ4n) is 2.09. The van der Waals surface area contributed by atoms with Crippen LogP contribution in [0, 0.1) is 0 Å². The van der Waals surface area contributed by atoms with Gasteiger partial charge in [-0.15, -0.1) is 5.10 Å². The maximum Gasteiger partial charge on any atom is 0.182 e. The Morgan fingerprint density at radius 3 is 2.86 bits per heavy atom. The molecule has 0 bridgehead atoms. The van der Waals surface area contributed by atoms with Gasteiger partial charge in [0.15, 0.2) is 5.82 Å². The minimum Gasteiger partial charge on any atom is -0.494 e. The Kier molecular flexibility index (Phi) is 5.10.